The molecular weight excluding hydrogens is 434 g/mol. The first-order valence-electron chi connectivity index (χ1n) is 8.37. The molecule has 138 valence electrons. The standard InChI is InChI=1S/C20H15BrClNO4/c1-10(24)9-23-17(11-3-2-4-12(21)7-11)16-18(25)14-8-13(22)5-6-15(14)27-19(16)20(23)26/h2-8,10,17,24H,9H2,1H3/t10-,17-/m0/s1. The van der Waals surface area contributed by atoms with E-state index in [1.807, 2.05) is 24.3 Å². The lowest BCUT2D eigenvalue weighted by atomic mass is 9.98. The molecule has 5 nitrogen and oxygen atoms in total. The molecule has 1 aliphatic heterocycles. The average Bonchev–Trinajstić information content (AvgIpc) is 2.88. The molecule has 2 aromatic carbocycles. The van der Waals surface area contributed by atoms with Crippen LogP contribution in [0.2, 0.25) is 5.02 Å². The molecule has 0 bridgehead atoms. The normalized spacial score (nSPS) is 17.4. The van der Waals surface area contributed by atoms with Gasteiger partial charge in [0.1, 0.15) is 5.58 Å². The highest BCUT2D eigenvalue weighted by molar-refractivity contribution is 9.10. The van der Waals surface area contributed by atoms with Gasteiger partial charge in [-0.25, -0.2) is 0 Å². The molecule has 0 saturated heterocycles. The number of carbonyl (C=O) groups is 1. The number of halogens is 2. The minimum Gasteiger partial charge on any atom is -0.450 e. The Kier molecular flexibility index (Phi) is 4.58. The van der Waals surface area contributed by atoms with Gasteiger partial charge in [0.25, 0.3) is 5.91 Å². The molecule has 0 spiro atoms. The number of amides is 1. The maximum absolute atomic E-state index is 13.2. The zero-order chi connectivity index (χ0) is 19.3. The molecule has 0 radical (unpaired) electrons. The molecule has 0 unspecified atom stereocenters. The summed E-state index contributed by atoms with van der Waals surface area (Å²) in [7, 11) is 0. The van der Waals surface area contributed by atoms with Crippen LogP contribution < -0.4 is 5.43 Å². The number of benzene rings is 2. The number of rotatable bonds is 3. The van der Waals surface area contributed by atoms with Crippen LogP contribution in [0.15, 0.2) is 56.1 Å². The van der Waals surface area contributed by atoms with Crippen molar-refractivity contribution in [3.63, 3.8) is 0 Å². The molecule has 1 N–H and O–H groups in total. The van der Waals surface area contributed by atoms with Gasteiger partial charge in [-0.1, -0.05) is 39.7 Å². The maximum Gasteiger partial charge on any atom is 0.290 e. The summed E-state index contributed by atoms with van der Waals surface area (Å²) in [6, 6.07) is 11.5. The predicted octanol–water partition coefficient (Wildman–Crippen LogP) is 4.13. The van der Waals surface area contributed by atoms with E-state index >= 15 is 0 Å². The number of nitrogens with zero attached hydrogens (tertiary/aromatic N) is 1. The summed E-state index contributed by atoms with van der Waals surface area (Å²) in [5.41, 5.74) is 1.04. The number of aliphatic hydroxyl groups excluding tert-OH is 1. The first kappa shape index (κ1) is 18.2. The SMILES string of the molecule is C[C@H](O)CN1C(=O)c2oc3ccc(Cl)cc3c(=O)c2[C@@H]1c1cccc(Br)c1. The largest absolute Gasteiger partial charge is 0.450 e. The second kappa shape index (κ2) is 6.78. The molecule has 3 aromatic rings. The van der Waals surface area contributed by atoms with Crippen molar-refractivity contribution in [3.05, 3.63) is 79.1 Å². The maximum atomic E-state index is 13.2. The summed E-state index contributed by atoms with van der Waals surface area (Å²) in [5.74, 6) is -0.398. The van der Waals surface area contributed by atoms with Crippen molar-refractivity contribution in [2.45, 2.75) is 19.1 Å². The molecule has 2 atom stereocenters. The van der Waals surface area contributed by atoms with Crippen LogP contribution >= 0.6 is 27.5 Å². The molecular formula is C20H15BrClNO4. The van der Waals surface area contributed by atoms with E-state index in [0.29, 0.717) is 16.0 Å². The second-order valence-corrected chi connectivity index (χ2v) is 7.93. The zero-order valence-corrected chi connectivity index (χ0v) is 16.6. The van der Waals surface area contributed by atoms with Crippen LogP contribution in [0.5, 0.6) is 0 Å². The number of hydrogen-bond donors (Lipinski definition) is 1. The van der Waals surface area contributed by atoms with Gasteiger partial charge >= 0.3 is 0 Å². The minimum atomic E-state index is -0.753. The molecule has 7 heteroatoms. The predicted molar refractivity (Wildman–Crippen MR) is 106 cm³/mol. The Morgan fingerprint density at radius 1 is 1.26 bits per heavy atom. The smallest absolute Gasteiger partial charge is 0.290 e. The second-order valence-electron chi connectivity index (χ2n) is 6.58. The Morgan fingerprint density at radius 3 is 2.74 bits per heavy atom. The van der Waals surface area contributed by atoms with Gasteiger partial charge in [-0.15, -0.1) is 0 Å². The molecule has 1 aliphatic rings. The topological polar surface area (TPSA) is 70.8 Å². The van der Waals surface area contributed by atoms with Crippen LogP contribution in [0.25, 0.3) is 11.0 Å². The van der Waals surface area contributed by atoms with Crippen molar-refractivity contribution in [2.24, 2.45) is 0 Å². The van der Waals surface area contributed by atoms with Gasteiger partial charge in [-0.2, -0.15) is 0 Å². The molecule has 1 aromatic heterocycles. The van der Waals surface area contributed by atoms with Crippen molar-refractivity contribution < 1.29 is 14.3 Å². The number of hydrogen-bond acceptors (Lipinski definition) is 4. The van der Waals surface area contributed by atoms with Crippen molar-refractivity contribution in [1.82, 2.24) is 4.90 Å². The van der Waals surface area contributed by atoms with Gasteiger partial charge in [-0.3, -0.25) is 9.59 Å². The lowest BCUT2D eigenvalue weighted by Crippen LogP contribution is -2.35. The van der Waals surface area contributed by atoms with E-state index in [1.54, 1.807) is 25.1 Å². The highest BCUT2D eigenvalue weighted by atomic mass is 79.9. The lowest BCUT2D eigenvalue weighted by molar-refractivity contribution is 0.0611. The zero-order valence-electron chi connectivity index (χ0n) is 14.3. The van der Waals surface area contributed by atoms with Crippen LogP contribution in [0, 0.1) is 0 Å². The van der Waals surface area contributed by atoms with E-state index in [4.69, 9.17) is 16.0 Å². The molecule has 4 rings (SSSR count). The Hall–Kier alpha value is -2.15. The number of carbonyl (C=O) groups excluding carboxylic acids is 1. The summed E-state index contributed by atoms with van der Waals surface area (Å²) >= 11 is 9.48. The van der Waals surface area contributed by atoms with Gasteiger partial charge in [-0.05, 0) is 42.8 Å². The van der Waals surface area contributed by atoms with E-state index in [0.717, 1.165) is 10.0 Å². The van der Waals surface area contributed by atoms with Gasteiger partial charge in [0.05, 0.1) is 23.1 Å². The summed E-state index contributed by atoms with van der Waals surface area (Å²) < 4.78 is 6.63. The molecule has 27 heavy (non-hydrogen) atoms. The Labute approximate surface area is 168 Å². The fourth-order valence-corrected chi connectivity index (χ4v) is 4.08. The average molecular weight is 449 g/mol. The van der Waals surface area contributed by atoms with Gasteiger partial charge in [0, 0.05) is 16.0 Å². The van der Waals surface area contributed by atoms with Gasteiger partial charge < -0.3 is 14.4 Å². The highest BCUT2D eigenvalue weighted by Crippen LogP contribution is 2.39. The van der Waals surface area contributed by atoms with Crippen molar-refractivity contribution in [2.75, 3.05) is 6.54 Å². The third-order valence-electron chi connectivity index (χ3n) is 4.55. The summed E-state index contributed by atoms with van der Waals surface area (Å²) in [6.45, 7) is 1.68. The van der Waals surface area contributed by atoms with Crippen molar-refractivity contribution >= 4 is 44.4 Å². The lowest BCUT2D eigenvalue weighted by Gasteiger charge is -2.26. The molecule has 2 heterocycles. The first-order valence-corrected chi connectivity index (χ1v) is 9.54. The Morgan fingerprint density at radius 2 is 2.04 bits per heavy atom. The molecule has 0 saturated carbocycles. The van der Waals surface area contributed by atoms with Crippen LogP contribution in [0.3, 0.4) is 0 Å². The molecule has 0 aliphatic carbocycles. The fraction of sp³-hybridized carbons (Fsp3) is 0.200. The van der Waals surface area contributed by atoms with E-state index in [1.165, 1.54) is 4.90 Å². The quantitative estimate of drug-likeness (QED) is 0.654. The van der Waals surface area contributed by atoms with E-state index in [9.17, 15) is 14.7 Å². The summed E-state index contributed by atoms with van der Waals surface area (Å²) in [5, 5.41) is 10.6. The summed E-state index contributed by atoms with van der Waals surface area (Å²) in [4.78, 5) is 27.7. The minimum absolute atomic E-state index is 0.0143. The van der Waals surface area contributed by atoms with Gasteiger partial charge in [0.15, 0.2) is 5.43 Å². The Balaban J connectivity index is 2.02. The number of aliphatic hydroxyl groups is 1. The van der Waals surface area contributed by atoms with Crippen molar-refractivity contribution in [1.29, 1.82) is 0 Å². The van der Waals surface area contributed by atoms with E-state index < -0.39 is 18.1 Å². The summed E-state index contributed by atoms with van der Waals surface area (Å²) in [6.07, 6.45) is -0.753. The monoisotopic (exact) mass is 447 g/mol. The fourth-order valence-electron chi connectivity index (χ4n) is 3.49. The number of β-amino-alcohol motifs (C(OH)–C–C–N with tert-alkyl or cyclic N) is 1. The Bertz CT molecular complexity index is 1120. The highest BCUT2D eigenvalue weighted by Gasteiger charge is 2.43. The third kappa shape index (κ3) is 3.08. The van der Waals surface area contributed by atoms with Crippen LogP contribution in [-0.2, 0) is 0 Å². The molecule has 0 fully saturated rings. The molecule has 1 amide bonds. The van der Waals surface area contributed by atoms with Gasteiger partial charge in [0.2, 0.25) is 5.76 Å². The number of fused-ring (bicyclic) bond motifs is 2. The van der Waals surface area contributed by atoms with Crippen LogP contribution in [0.4, 0.5) is 0 Å². The first-order chi connectivity index (χ1) is 12.9. The van der Waals surface area contributed by atoms with E-state index in [2.05, 4.69) is 15.9 Å². The van der Waals surface area contributed by atoms with Crippen LogP contribution in [-0.4, -0.2) is 28.6 Å². The van der Waals surface area contributed by atoms with Crippen molar-refractivity contribution in [3.8, 4) is 0 Å². The van der Waals surface area contributed by atoms with E-state index in [-0.39, 0.29) is 23.3 Å². The third-order valence-corrected chi connectivity index (χ3v) is 5.28. The van der Waals surface area contributed by atoms with Crippen LogP contribution in [0.1, 0.15) is 34.6 Å².